The number of nitrogens with zero attached hydrogens (tertiary/aromatic N) is 3. The Kier molecular flexibility index (Phi) is 3.95. The molecule has 7 nitrogen and oxygen atoms in total. The number of benzene rings is 1. The summed E-state index contributed by atoms with van der Waals surface area (Å²) in [5.41, 5.74) is 4.35. The van der Waals surface area contributed by atoms with Gasteiger partial charge in [-0.25, -0.2) is 4.99 Å². The minimum absolute atomic E-state index is 0.0827. The lowest BCUT2D eigenvalue weighted by Gasteiger charge is -2.31. The molecule has 1 saturated carbocycles. The predicted octanol–water partition coefficient (Wildman–Crippen LogP) is 1.91. The molecule has 0 spiro atoms. The molecule has 0 radical (unpaired) electrons. The molecule has 130 valence electrons. The highest BCUT2D eigenvalue weighted by Gasteiger charge is 2.93. The Labute approximate surface area is 146 Å². The van der Waals surface area contributed by atoms with Crippen molar-refractivity contribution in [2.75, 3.05) is 20.3 Å². The standard InChI is InChI=1S/C18H20N4O3/c1-4-24-18(25-5-2)17(11-20)14(16(17,10-19)15(21)22-18)12-6-8-13(23-3)9-7-12/h6-9,14H,4-5H2,1-3H3,(H2,21,22)/t14-,16+,17+/m1/s1. The lowest BCUT2D eigenvalue weighted by Crippen LogP contribution is -2.43. The summed E-state index contributed by atoms with van der Waals surface area (Å²) in [6.45, 7) is 4.12. The number of hydrogen-bond donors (Lipinski definition) is 1. The van der Waals surface area contributed by atoms with Crippen LogP contribution in [0.4, 0.5) is 0 Å². The monoisotopic (exact) mass is 340 g/mol. The third kappa shape index (κ3) is 1.82. The van der Waals surface area contributed by atoms with Gasteiger partial charge in [0.05, 0.1) is 19.2 Å². The normalized spacial score (nSPS) is 31.4. The molecule has 1 aliphatic heterocycles. The fourth-order valence-corrected chi connectivity index (χ4v) is 4.05. The molecule has 1 aromatic rings. The average Bonchev–Trinajstić information content (AvgIpc) is 3.21. The number of nitrogens with two attached hydrogens (primary N) is 1. The summed E-state index contributed by atoms with van der Waals surface area (Å²) in [4.78, 5) is 4.31. The van der Waals surface area contributed by atoms with Crippen LogP contribution >= 0.6 is 0 Å². The van der Waals surface area contributed by atoms with Crippen LogP contribution in [0.3, 0.4) is 0 Å². The van der Waals surface area contributed by atoms with Crippen molar-refractivity contribution in [3.63, 3.8) is 0 Å². The lowest BCUT2D eigenvalue weighted by atomic mass is 9.93. The summed E-state index contributed by atoms with van der Waals surface area (Å²) in [5, 5.41) is 20.0. The molecule has 2 aliphatic rings. The van der Waals surface area contributed by atoms with Crippen LogP contribution in [0, 0.1) is 33.5 Å². The van der Waals surface area contributed by atoms with E-state index >= 15 is 0 Å². The van der Waals surface area contributed by atoms with Crippen LogP contribution in [0.25, 0.3) is 0 Å². The van der Waals surface area contributed by atoms with Gasteiger partial charge in [-0.1, -0.05) is 12.1 Å². The van der Waals surface area contributed by atoms with Gasteiger partial charge in [0.25, 0.3) is 5.91 Å². The SMILES string of the molecule is CCOC1(OCC)N=C(N)[C@]2(C#N)[C@@H](c3ccc(OC)cc3)[C@]12C#N. The first-order chi connectivity index (χ1) is 12.0. The Balaban J connectivity index is 2.17. The maximum Gasteiger partial charge on any atom is 0.293 e. The Bertz CT molecular complexity index is 786. The van der Waals surface area contributed by atoms with E-state index in [1.54, 1.807) is 33.1 Å². The number of methoxy groups -OCH3 is 1. The maximum absolute atomic E-state index is 10.1. The van der Waals surface area contributed by atoms with Crippen molar-refractivity contribution in [2.24, 2.45) is 21.6 Å². The molecule has 1 aromatic carbocycles. The zero-order valence-corrected chi connectivity index (χ0v) is 14.4. The first-order valence-electron chi connectivity index (χ1n) is 8.13. The zero-order valence-electron chi connectivity index (χ0n) is 14.4. The molecule has 0 bridgehead atoms. The maximum atomic E-state index is 10.1. The summed E-state index contributed by atoms with van der Waals surface area (Å²) < 4.78 is 16.7. The molecular weight excluding hydrogens is 320 g/mol. The van der Waals surface area contributed by atoms with Gasteiger partial charge in [-0.05, 0) is 31.5 Å². The van der Waals surface area contributed by atoms with Gasteiger partial charge in [-0.15, -0.1) is 0 Å². The molecule has 0 amide bonds. The fourth-order valence-electron chi connectivity index (χ4n) is 4.05. The highest BCUT2D eigenvalue weighted by atomic mass is 16.7. The minimum Gasteiger partial charge on any atom is -0.497 e. The molecule has 1 heterocycles. The van der Waals surface area contributed by atoms with E-state index in [0.29, 0.717) is 5.75 Å². The van der Waals surface area contributed by atoms with Crippen LogP contribution in [0.15, 0.2) is 29.3 Å². The van der Waals surface area contributed by atoms with Crippen molar-refractivity contribution in [1.29, 1.82) is 10.5 Å². The van der Waals surface area contributed by atoms with E-state index in [0.717, 1.165) is 5.56 Å². The van der Waals surface area contributed by atoms with Crippen LogP contribution in [0.5, 0.6) is 5.75 Å². The van der Waals surface area contributed by atoms with Crippen LogP contribution in [0.2, 0.25) is 0 Å². The molecule has 3 rings (SSSR count). The van der Waals surface area contributed by atoms with Crippen LogP contribution < -0.4 is 10.5 Å². The van der Waals surface area contributed by atoms with E-state index in [4.69, 9.17) is 19.9 Å². The largest absolute Gasteiger partial charge is 0.497 e. The van der Waals surface area contributed by atoms with Crippen molar-refractivity contribution in [3.05, 3.63) is 29.8 Å². The smallest absolute Gasteiger partial charge is 0.293 e. The molecular formula is C18H20N4O3. The third-order valence-corrected chi connectivity index (χ3v) is 5.06. The number of aliphatic imine (C=N–C) groups is 1. The second-order valence-electron chi connectivity index (χ2n) is 5.99. The van der Waals surface area contributed by atoms with Gasteiger partial charge in [-0.2, -0.15) is 10.5 Å². The first kappa shape index (κ1) is 17.2. The molecule has 0 saturated heterocycles. The highest BCUT2D eigenvalue weighted by Crippen LogP contribution is 2.81. The molecule has 25 heavy (non-hydrogen) atoms. The van der Waals surface area contributed by atoms with Crippen molar-refractivity contribution in [1.82, 2.24) is 0 Å². The van der Waals surface area contributed by atoms with Crippen molar-refractivity contribution in [3.8, 4) is 17.9 Å². The Morgan fingerprint density at radius 3 is 2.16 bits per heavy atom. The average molecular weight is 340 g/mol. The first-order valence-corrected chi connectivity index (χ1v) is 8.13. The zero-order chi connectivity index (χ0) is 18.3. The Morgan fingerprint density at radius 2 is 1.72 bits per heavy atom. The fraction of sp³-hybridized carbons (Fsp3) is 0.500. The lowest BCUT2D eigenvalue weighted by molar-refractivity contribution is -0.255. The van der Waals surface area contributed by atoms with Gasteiger partial charge in [-0.3, -0.25) is 0 Å². The van der Waals surface area contributed by atoms with E-state index in [-0.39, 0.29) is 19.0 Å². The van der Waals surface area contributed by atoms with E-state index in [1.165, 1.54) is 0 Å². The van der Waals surface area contributed by atoms with E-state index < -0.39 is 22.7 Å². The summed E-state index contributed by atoms with van der Waals surface area (Å²) >= 11 is 0. The molecule has 2 N–H and O–H groups in total. The molecule has 1 aliphatic carbocycles. The van der Waals surface area contributed by atoms with E-state index in [1.807, 2.05) is 12.1 Å². The van der Waals surface area contributed by atoms with Gasteiger partial charge < -0.3 is 19.9 Å². The molecule has 7 heteroatoms. The number of nitriles is 2. The van der Waals surface area contributed by atoms with Crippen molar-refractivity contribution >= 4 is 5.84 Å². The number of amidine groups is 1. The van der Waals surface area contributed by atoms with Crippen LogP contribution in [-0.2, 0) is 9.47 Å². The topological polar surface area (TPSA) is 114 Å². The molecule has 0 aromatic heterocycles. The molecule has 0 unspecified atom stereocenters. The van der Waals surface area contributed by atoms with Gasteiger partial charge in [0.15, 0.2) is 5.41 Å². The Morgan fingerprint density at radius 1 is 1.12 bits per heavy atom. The third-order valence-electron chi connectivity index (χ3n) is 5.06. The highest BCUT2D eigenvalue weighted by molar-refractivity contribution is 6.00. The molecule has 1 fully saturated rings. The number of rotatable bonds is 6. The summed E-state index contributed by atoms with van der Waals surface area (Å²) in [6.07, 6.45) is 0. The van der Waals surface area contributed by atoms with Crippen molar-refractivity contribution in [2.45, 2.75) is 25.7 Å². The number of hydrogen-bond acceptors (Lipinski definition) is 7. The van der Waals surface area contributed by atoms with Crippen LogP contribution in [0.1, 0.15) is 25.3 Å². The van der Waals surface area contributed by atoms with Gasteiger partial charge in [0.1, 0.15) is 17.0 Å². The second-order valence-corrected chi connectivity index (χ2v) is 5.99. The summed E-state index contributed by atoms with van der Waals surface area (Å²) in [6, 6.07) is 11.7. The number of ether oxygens (including phenoxy) is 3. The molecule has 3 atom stereocenters. The number of fused-ring (bicyclic) bond motifs is 1. The van der Waals surface area contributed by atoms with Gasteiger partial charge in [0, 0.05) is 19.1 Å². The second kappa shape index (κ2) is 5.73. The van der Waals surface area contributed by atoms with Gasteiger partial charge in [0.2, 0.25) is 0 Å². The van der Waals surface area contributed by atoms with Gasteiger partial charge >= 0.3 is 0 Å². The van der Waals surface area contributed by atoms with Crippen LogP contribution in [-0.4, -0.2) is 32.1 Å². The van der Waals surface area contributed by atoms with E-state index in [9.17, 15) is 10.5 Å². The van der Waals surface area contributed by atoms with Crippen molar-refractivity contribution < 1.29 is 14.2 Å². The summed E-state index contributed by atoms with van der Waals surface area (Å²) in [5.74, 6) is -1.29. The minimum atomic E-state index is -1.57. The Hall–Kier alpha value is -2.61. The quantitative estimate of drug-likeness (QED) is 0.791. The summed E-state index contributed by atoms with van der Waals surface area (Å²) in [7, 11) is 1.58. The van der Waals surface area contributed by atoms with E-state index in [2.05, 4.69) is 17.1 Å². The predicted molar refractivity (Wildman–Crippen MR) is 89.4 cm³/mol.